The number of nitro benzene ring substituents is 4. The quantitative estimate of drug-likeness (QED) is 0.207. The lowest BCUT2D eigenvalue weighted by Crippen LogP contribution is -2.31. The fourth-order valence-corrected chi connectivity index (χ4v) is 3.83. The van der Waals surface area contributed by atoms with Crippen molar-refractivity contribution in [1.29, 1.82) is 0 Å². The van der Waals surface area contributed by atoms with Crippen LogP contribution in [0.25, 0.3) is 22.5 Å². The van der Waals surface area contributed by atoms with Gasteiger partial charge in [0.2, 0.25) is 0 Å². The number of pyridine rings is 2. The third-order valence-corrected chi connectivity index (χ3v) is 5.59. The molecule has 0 bridgehead atoms. The van der Waals surface area contributed by atoms with Gasteiger partial charge in [0, 0.05) is 48.0 Å². The van der Waals surface area contributed by atoms with Crippen LogP contribution >= 0.6 is 0 Å². The van der Waals surface area contributed by atoms with Crippen LogP contribution in [-0.2, 0) is 0 Å². The molecule has 0 N–H and O–H groups in total. The number of nitro groups is 4. The summed E-state index contributed by atoms with van der Waals surface area (Å²) in [6.07, 6.45) is 6.38. The molecule has 2 heterocycles. The van der Waals surface area contributed by atoms with Crippen LogP contribution in [0, 0.1) is 47.4 Å². The fourth-order valence-electron chi connectivity index (χ4n) is 3.83. The molecule has 2 aromatic heterocycles. The summed E-state index contributed by atoms with van der Waals surface area (Å²) in [7, 11) is 0. The lowest BCUT2D eigenvalue weighted by atomic mass is 10.0. The third-order valence-electron chi connectivity index (χ3n) is 5.59. The number of hydrogen-bond donors (Lipinski definition) is 0. The van der Waals surface area contributed by atoms with Gasteiger partial charge in [0.15, 0.2) is 24.8 Å². The molecule has 0 saturated heterocycles. The van der Waals surface area contributed by atoms with Crippen LogP contribution < -0.4 is 9.13 Å². The first-order chi connectivity index (χ1) is 17.6. The SMILES string of the molecule is Cc1c[n+](-c2ccc([N+](=O)[O-])cc2[N+](=O)[O-])ccc1-c1cc[n+](-c2ccc([N+](=O)[O-])cc2[N+](=O)[O-])cc1. The van der Waals surface area contributed by atoms with Crippen molar-refractivity contribution in [1.82, 2.24) is 0 Å². The number of aryl methyl sites for hydroxylation is 1. The van der Waals surface area contributed by atoms with Crippen molar-refractivity contribution in [2.75, 3.05) is 0 Å². The van der Waals surface area contributed by atoms with Crippen molar-refractivity contribution in [3.63, 3.8) is 0 Å². The predicted molar refractivity (Wildman–Crippen MR) is 126 cm³/mol. The summed E-state index contributed by atoms with van der Waals surface area (Å²) in [6.45, 7) is 1.78. The Hall–Kier alpha value is -5.66. The molecule has 14 heteroatoms. The molecule has 0 aliphatic carbocycles. The predicted octanol–water partition coefficient (Wildman–Crippen LogP) is 3.85. The molecule has 37 heavy (non-hydrogen) atoms. The summed E-state index contributed by atoms with van der Waals surface area (Å²) in [5.41, 5.74) is 0.913. The Morgan fingerprint density at radius 3 is 1.49 bits per heavy atom. The number of rotatable bonds is 7. The van der Waals surface area contributed by atoms with Gasteiger partial charge in [-0.05, 0) is 18.1 Å². The van der Waals surface area contributed by atoms with E-state index < -0.39 is 42.4 Å². The molecule has 0 fully saturated rings. The number of hydrogen-bond acceptors (Lipinski definition) is 8. The topological polar surface area (TPSA) is 180 Å². The van der Waals surface area contributed by atoms with E-state index in [1.165, 1.54) is 33.4 Å². The Morgan fingerprint density at radius 2 is 1.05 bits per heavy atom. The van der Waals surface area contributed by atoms with Crippen LogP contribution in [0.3, 0.4) is 0 Å². The van der Waals surface area contributed by atoms with Gasteiger partial charge in [-0.15, -0.1) is 0 Å². The minimum Gasteiger partial charge on any atom is -0.258 e. The van der Waals surface area contributed by atoms with Gasteiger partial charge in [0.1, 0.15) is 12.1 Å². The molecule has 14 nitrogen and oxygen atoms in total. The second-order valence-electron chi connectivity index (χ2n) is 7.82. The Labute approximate surface area is 206 Å². The molecular weight excluding hydrogens is 488 g/mol. The number of benzene rings is 2. The Balaban J connectivity index is 1.69. The summed E-state index contributed by atoms with van der Waals surface area (Å²) in [6, 6.07) is 11.9. The van der Waals surface area contributed by atoms with Gasteiger partial charge in [-0.3, -0.25) is 40.5 Å². The maximum Gasteiger partial charge on any atom is 0.347 e. The monoisotopic (exact) mass is 504 g/mol. The van der Waals surface area contributed by atoms with Gasteiger partial charge >= 0.3 is 11.4 Å². The van der Waals surface area contributed by atoms with Crippen molar-refractivity contribution in [2.45, 2.75) is 6.92 Å². The van der Waals surface area contributed by atoms with Crippen molar-refractivity contribution < 1.29 is 28.8 Å². The molecule has 0 aliphatic rings. The van der Waals surface area contributed by atoms with Crippen molar-refractivity contribution in [2.24, 2.45) is 0 Å². The maximum atomic E-state index is 11.5. The second-order valence-corrected chi connectivity index (χ2v) is 7.82. The Morgan fingerprint density at radius 1 is 0.595 bits per heavy atom. The minimum absolute atomic E-state index is 0.148. The van der Waals surface area contributed by atoms with Crippen molar-refractivity contribution in [3.8, 4) is 22.5 Å². The molecular formula is C23H16N6O8+2. The van der Waals surface area contributed by atoms with Crippen LogP contribution in [0.1, 0.15) is 5.56 Å². The van der Waals surface area contributed by atoms with E-state index in [0.717, 1.165) is 28.8 Å². The Bertz CT molecular complexity index is 1600. The summed E-state index contributed by atoms with van der Waals surface area (Å²) >= 11 is 0. The van der Waals surface area contributed by atoms with Crippen LogP contribution in [0.2, 0.25) is 0 Å². The number of nitrogens with zero attached hydrogens (tertiary/aromatic N) is 6. The van der Waals surface area contributed by atoms with Gasteiger partial charge in [-0.1, -0.05) is 0 Å². The first-order valence-electron chi connectivity index (χ1n) is 10.5. The van der Waals surface area contributed by atoms with Crippen LogP contribution in [0.4, 0.5) is 22.7 Å². The summed E-state index contributed by atoms with van der Waals surface area (Å²) in [5.74, 6) is 0. The molecule has 0 unspecified atom stereocenters. The lowest BCUT2D eigenvalue weighted by molar-refractivity contribution is -0.601. The normalized spacial score (nSPS) is 10.6. The van der Waals surface area contributed by atoms with E-state index in [-0.39, 0.29) is 11.4 Å². The second kappa shape index (κ2) is 9.53. The average Bonchev–Trinajstić information content (AvgIpc) is 2.88. The Kier molecular flexibility index (Phi) is 6.30. The highest BCUT2D eigenvalue weighted by molar-refractivity contribution is 5.65. The smallest absolute Gasteiger partial charge is 0.258 e. The highest BCUT2D eigenvalue weighted by atomic mass is 16.6. The van der Waals surface area contributed by atoms with E-state index in [1.54, 1.807) is 49.9 Å². The van der Waals surface area contributed by atoms with Gasteiger partial charge in [0.05, 0.1) is 19.7 Å². The van der Waals surface area contributed by atoms with E-state index in [1.807, 2.05) is 0 Å². The molecule has 0 atom stereocenters. The van der Waals surface area contributed by atoms with E-state index >= 15 is 0 Å². The molecule has 0 aliphatic heterocycles. The van der Waals surface area contributed by atoms with E-state index in [2.05, 4.69) is 0 Å². The van der Waals surface area contributed by atoms with E-state index in [4.69, 9.17) is 0 Å². The molecule has 0 amide bonds. The first-order valence-corrected chi connectivity index (χ1v) is 10.5. The average molecular weight is 504 g/mol. The van der Waals surface area contributed by atoms with Gasteiger partial charge in [0.25, 0.3) is 22.7 Å². The standard InChI is InChI=1S/C23H16N6O8/c1-15-14-25(21-5-3-18(27(32)33)13-23(21)29(36)37)11-8-19(15)16-6-9-24(10-7-16)20-4-2-17(26(30)31)12-22(20)28(34)35/h2-14H,1H3/q+2. The van der Waals surface area contributed by atoms with Gasteiger partial charge in [-0.2, -0.15) is 9.13 Å². The molecule has 0 radical (unpaired) electrons. The molecule has 4 rings (SSSR count). The molecule has 0 saturated carbocycles. The minimum atomic E-state index is -0.708. The zero-order valence-electron chi connectivity index (χ0n) is 19.0. The lowest BCUT2D eigenvalue weighted by Gasteiger charge is -2.05. The van der Waals surface area contributed by atoms with E-state index in [0.29, 0.717) is 0 Å². The van der Waals surface area contributed by atoms with E-state index in [9.17, 15) is 40.5 Å². The first kappa shape index (κ1) is 24.5. The molecule has 4 aromatic rings. The summed E-state index contributed by atoms with van der Waals surface area (Å²) in [4.78, 5) is 42.1. The van der Waals surface area contributed by atoms with Crippen LogP contribution in [0.15, 0.2) is 79.4 Å². The highest BCUT2D eigenvalue weighted by Crippen LogP contribution is 2.28. The van der Waals surface area contributed by atoms with Gasteiger partial charge < -0.3 is 0 Å². The molecule has 0 spiro atoms. The van der Waals surface area contributed by atoms with Crippen LogP contribution in [-0.4, -0.2) is 19.7 Å². The van der Waals surface area contributed by atoms with Crippen molar-refractivity contribution in [3.05, 3.63) is 125 Å². The third kappa shape index (κ3) is 4.79. The fraction of sp³-hybridized carbons (Fsp3) is 0.0435. The maximum absolute atomic E-state index is 11.5. The molecule has 184 valence electrons. The summed E-state index contributed by atoms with van der Waals surface area (Å²) in [5, 5.41) is 44.9. The van der Waals surface area contributed by atoms with Gasteiger partial charge in [-0.25, -0.2) is 0 Å². The number of aromatic nitrogens is 2. The largest absolute Gasteiger partial charge is 0.347 e. The number of non-ortho nitro benzene ring substituents is 2. The zero-order valence-corrected chi connectivity index (χ0v) is 19.0. The highest BCUT2D eigenvalue weighted by Gasteiger charge is 2.28. The van der Waals surface area contributed by atoms with Crippen LogP contribution in [0.5, 0.6) is 0 Å². The zero-order chi connectivity index (χ0) is 26.9. The van der Waals surface area contributed by atoms with Crippen molar-refractivity contribution >= 4 is 22.7 Å². The molecule has 2 aromatic carbocycles. The summed E-state index contributed by atoms with van der Waals surface area (Å²) < 4.78 is 2.95.